The first-order chi connectivity index (χ1) is 15.0. The maximum Gasteiger partial charge on any atom is 0.224 e. The highest BCUT2D eigenvalue weighted by Crippen LogP contribution is 2.24. The maximum absolute atomic E-state index is 12.5. The van der Waals surface area contributed by atoms with Crippen molar-refractivity contribution in [2.24, 2.45) is 11.8 Å². The van der Waals surface area contributed by atoms with Crippen molar-refractivity contribution in [1.29, 1.82) is 0 Å². The van der Waals surface area contributed by atoms with Gasteiger partial charge in [0.1, 0.15) is 5.75 Å². The van der Waals surface area contributed by atoms with Crippen LogP contribution in [0.2, 0.25) is 0 Å². The summed E-state index contributed by atoms with van der Waals surface area (Å²) < 4.78 is 5.31. The van der Waals surface area contributed by atoms with Crippen molar-refractivity contribution in [3.05, 3.63) is 65.4 Å². The van der Waals surface area contributed by atoms with E-state index >= 15 is 0 Å². The number of hydrogen-bond donors (Lipinski definition) is 2. The Bertz CT molecular complexity index is 1010. The first kappa shape index (κ1) is 21.4. The molecule has 31 heavy (non-hydrogen) atoms. The fraction of sp³-hybridized carbons (Fsp3) is 0.423. The predicted octanol–water partition coefficient (Wildman–Crippen LogP) is 4.51. The molecule has 0 saturated carbocycles. The largest absolute Gasteiger partial charge is 0.497 e. The van der Waals surface area contributed by atoms with Gasteiger partial charge in [0.15, 0.2) is 0 Å². The van der Waals surface area contributed by atoms with Crippen LogP contribution in [0.3, 0.4) is 0 Å². The molecule has 0 bridgehead atoms. The predicted molar refractivity (Wildman–Crippen MR) is 125 cm³/mol. The van der Waals surface area contributed by atoms with Crippen molar-refractivity contribution in [3.63, 3.8) is 0 Å². The quantitative estimate of drug-likeness (QED) is 0.592. The second kappa shape index (κ2) is 9.56. The zero-order valence-electron chi connectivity index (χ0n) is 18.8. The van der Waals surface area contributed by atoms with Gasteiger partial charge in [-0.1, -0.05) is 38.1 Å². The Morgan fingerprint density at radius 3 is 2.52 bits per heavy atom. The number of benzene rings is 2. The lowest BCUT2D eigenvalue weighted by Gasteiger charge is -2.35. The normalized spacial score (nSPS) is 19.5. The molecule has 5 heteroatoms. The Hall–Kier alpha value is -2.79. The van der Waals surface area contributed by atoms with Crippen LogP contribution in [0.25, 0.3) is 10.9 Å². The topological polar surface area (TPSA) is 57.4 Å². The maximum atomic E-state index is 12.5. The lowest BCUT2D eigenvalue weighted by atomic mass is 9.91. The van der Waals surface area contributed by atoms with Crippen LogP contribution in [-0.2, 0) is 24.3 Å². The van der Waals surface area contributed by atoms with Gasteiger partial charge in [-0.2, -0.15) is 0 Å². The summed E-state index contributed by atoms with van der Waals surface area (Å²) in [5.41, 5.74) is 4.45. The number of likely N-dealkylation sites (tertiary alicyclic amines) is 1. The van der Waals surface area contributed by atoms with Crippen molar-refractivity contribution >= 4 is 16.8 Å². The highest BCUT2D eigenvalue weighted by molar-refractivity contribution is 5.89. The van der Waals surface area contributed by atoms with Gasteiger partial charge in [-0.25, -0.2) is 0 Å². The molecule has 1 aliphatic heterocycles. The van der Waals surface area contributed by atoms with Crippen LogP contribution in [0, 0.1) is 11.8 Å². The molecule has 2 aromatic carbocycles. The summed E-state index contributed by atoms with van der Waals surface area (Å²) in [5, 5.41) is 4.08. The zero-order chi connectivity index (χ0) is 21.8. The minimum absolute atomic E-state index is 0.0177. The van der Waals surface area contributed by atoms with Crippen molar-refractivity contribution in [2.45, 2.75) is 39.8 Å². The Balaban J connectivity index is 1.30. The van der Waals surface area contributed by atoms with Crippen molar-refractivity contribution in [2.75, 3.05) is 20.2 Å². The van der Waals surface area contributed by atoms with Crippen LogP contribution in [0.15, 0.2) is 48.7 Å². The summed E-state index contributed by atoms with van der Waals surface area (Å²) in [5.74, 6) is 2.36. The number of rotatable bonds is 7. The number of aromatic amines is 1. The molecule has 2 N–H and O–H groups in total. The van der Waals surface area contributed by atoms with E-state index in [1.54, 1.807) is 7.11 Å². The number of carbonyl (C=O) groups is 1. The Kier molecular flexibility index (Phi) is 6.62. The van der Waals surface area contributed by atoms with Crippen LogP contribution in [0.1, 0.15) is 37.0 Å². The van der Waals surface area contributed by atoms with Crippen LogP contribution in [0.4, 0.5) is 0 Å². The Labute approximate surface area is 184 Å². The molecule has 1 aliphatic rings. The van der Waals surface area contributed by atoms with Gasteiger partial charge in [0.05, 0.1) is 13.5 Å². The van der Waals surface area contributed by atoms with E-state index in [0.29, 0.717) is 13.0 Å². The fourth-order valence-electron chi connectivity index (χ4n) is 4.81. The van der Waals surface area contributed by atoms with Crippen LogP contribution < -0.4 is 10.1 Å². The third-order valence-electron chi connectivity index (χ3n) is 6.19. The van der Waals surface area contributed by atoms with Gasteiger partial charge in [0.25, 0.3) is 0 Å². The third-order valence-corrected chi connectivity index (χ3v) is 6.19. The van der Waals surface area contributed by atoms with Crippen molar-refractivity contribution < 1.29 is 9.53 Å². The SMILES string of the molecule is COc1ccc2[nH]cc(CC(=O)NCc3ccc(CN4CC(C)CC(C)C4)cc3)c2c1. The number of carbonyl (C=O) groups excluding carboxylic acids is 1. The molecular formula is C26H33N3O2. The molecule has 0 radical (unpaired) electrons. The van der Waals surface area contributed by atoms with Gasteiger partial charge in [-0.3, -0.25) is 9.69 Å². The van der Waals surface area contributed by atoms with Gasteiger partial charge < -0.3 is 15.0 Å². The molecule has 5 nitrogen and oxygen atoms in total. The van der Waals surface area contributed by atoms with Crippen LogP contribution in [-0.4, -0.2) is 36.0 Å². The highest BCUT2D eigenvalue weighted by atomic mass is 16.5. The van der Waals surface area contributed by atoms with E-state index in [-0.39, 0.29) is 5.91 Å². The van der Waals surface area contributed by atoms with E-state index in [0.717, 1.165) is 46.2 Å². The lowest BCUT2D eigenvalue weighted by molar-refractivity contribution is -0.120. The Morgan fingerprint density at radius 2 is 1.81 bits per heavy atom. The van der Waals surface area contributed by atoms with E-state index in [2.05, 4.69) is 53.3 Å². The monoisotopic (exact) mass is 419 g/mol. The second-order valence-electron chi connectivity index (χ2n) is 9.14. The van der Waals surface area contributed by atoms with Gasteiger partial charge in [-0.05, 0) is 53.1 Å². The minimum atomic E-state index is 0.0177. The molecule has 1 fully saturated rings. The zero-order valence-corrected chi connectivity index (χ0v) is 18.8. The van der Waals surface area contributed by atoms with Crippen LogP contribution >= 0.6 is 0 Å². The highest BCUT2D eigenvalue weighted by Gasteiger charge is 2.21. The molecule has 0 aliphatic carbocycles. The molecule has 0 spiro atoms. The van der Waals surface area contributed by atoms with E-state index in [1.165, 1.54) is 25.1 Å². The molecule has 2 atom stereocenters. The van der Waals surface area contributed by atoms with E-state index < -0.39 is 0 Å². The molecule has 4 rings (SSSR count). The number of ether oxygens (including phenoxy) is 1. The standard InChI is InChI=1S/C26H33N3O2/c1-18-10-19(2)16-29(15-18)17-21-6-4-20(5-7-21)13-28-26(30)11-22-14-27-25-9-8-23(31-3)12-24(22)25/h4-9,12,14,18-19,27H,10-11,13,15-17H2,1-3H3,(H,28,30). The summed E-state index contributed by atoms with van der Waals surface area (Å²) in [6.07, 6.45) is 3.58. The van der Waals surface area contributed by atoms with Crippen LogP contribution in [0.5, 0.6) is 5.75 Å². The molecule has 3 aromatic rings. The number of nitrogens with zero attached hydrogens (tertiary/aromatic N) is 1. The molecule has 1 aromatic heterocycles. The molecule has 1 amide bonds. The van der Waals surface area contributed by atoms with E-state index in [1.807, 2.05) is 24.4 Å². The molecular weight excluding hydrogens is 386 g/mol. The van der Waals surface area contributed by atoms with E-state index in [4.69, 9.17) is 4.74 Å². The number of H-pyrrole nitrogens is 1. The van der Waals surface area contributed by atoms with E-state index in [9.17, 15) is 4.79 Å². The number of fused-ring (bicyclic) bond motifs is 1. The van der Waals surface area contributed by atoms with Gasteiger partial charge in [0.2, 0.25) is 5.91 Å². The molecule has 2 heterocycles. The minimum Gasteiger partial charge on any atom is -0.497 e. The van der Waals surface area contributed by atoms with Gasteiger partial charge >= 0.3 is 0 Å². The third kappa shape index (κ3) is 5.47. The molecule has 2 unspecified atom stereocenters. The van der Waals surface area contributed by atoms with Gasteiger partial charge in [-0.15, -0.1) is 0 Å². The smallest absolute Gasteiger partial charge is 0.224 e. The van der Waals surface area contributed by atoms with Crippen molar-refractivity contribution in [1.82, 2.24) is 15.2 Å². The first-order valence-corrected chi connectivity index (χ1v) is 11.2. The Morgan fingerprint density at radius 1 is 1.10 bits per heavy atom. The number of aromatic nitrogens is 1. The summed E-state index contributed by atoms with van der Waals surface area (Å²) >= 11 is 0. The number of hydrogen-bond acceptors (Lipinski definition) is 3. The second-order valence-corrected chi connectivity index (χ2v) is 9.14. The number of amides is 1. The summed E-state index contributed by atoms with van der Waals surface area (Å²) in [6, 6.07) is 14.5. The molecule has 164 valence electrons. The average molecular weight is 420 g/mol. The fourth-order valence-corrected chi connectivity index (χ4v) is 4.81. The summed E-state index contributed by atoms with van der Waals surface area (Å²) in [4.78, 5) is 18.3. The number of piperidine rings is 1. The molecule has 1 saturated heterocycles. The number of nitrogens with one attached hydrogen (secondary N) is 2. The lowest BCUT2D eigenvalue weighted by Crippen LogP contribution is -2.38. The number of methoxy groups -OCH3 is 1. The van der Waals surface area contributed by atoms with Crippen molar-refractivity contribution in [3.8, 4) is 5.75 Å². The summed E-state index contributed by atoms with van der Waals surface area (Å²) in [7, 11) is 1.65. The van der Waals surface area contributed by atoms with Gasteiger partial charge in [0, 0.05) is 43.3 Å². The average Bonchev–Trinajstić information content (AvgIpc) is 3.14. The summed E-state index contributed by atoms with van der Waals surface area (Å²) in [6.45, 7) is 8.61. The first-order valence-electron chi connectivity index (χ1n) is 11.2.